The Morgan fingerprint density at radius 2 is 0.615 bits per heavy atom. The molecule has 0 amide bonds. The second-order valence-corrected chi connectivity index (χ2v) is 16.8. The summed E-state index contributed by atoms with van der Waals surface area (Å²) in [4.78, 5) is 2.46. The van der Waals surface area contributed by atoms with Crippen molar-refractivity contribution < 1.29 is 0 Å². The van der Waals surface area contributed by atoms with Gasteiger partial charge in [-0.15, -0.1) is 0 Å². The highest BCUT2D eigenvalue weighted by Crippen LogP contribution is 2.48. The molecule has 304 valence electrons. The predicted octanol–water partition coefficient (Wildman–Crippen LogP) is 18.1. The van der Waals surface area contributed by atoms with Gasteiger partial charge in [-0.25, -0.2) is 0 Å². The van der Waals surface area contributed by atoms with Gasteiger partial charge in [-0.1, -0.05) is 224 Å². The first-order valence-corrected chi connectivity index (χ1v) is 22.4. The number of hydrogen-bond donors (Lipinski definition) is 0. The van der Waals surface area contributed by atoms with E-state index in [1.807, 2.05) is 0 Å². The van der Waals surface area contributed by atoms with E-state index in [-0.39, 0.29) is 0 Å². The van der Waals surface area contributed by atoms with Crippen molar-refractivity contribution in [3.05, 3.63) is 261 Å². The van der Waals surface area contributed by atoms with Crippen LogP contribution in [-0.4, -0.2) is 0 Å². The van der Waals surface area contributed by atoms with Crippen LogP contribution >= 0.6 is 0 Å². The average molecular weight is 826 g/mol. The maximum absolute atomic E-state index is 2.46. The summed E-state index contributed by atoms with van der Waals surface area (Å²) in [6, 6.07) is 95.4. The van der Waals surface area contributed by atoms with E-state index in [1.54, 1.807) is 0 Å². The molecule has 0 aliphatic rings. The van der Waals surface area contributed by atoms with E-state index in [4.69, 9.17) is 0 Å². The van der Waals surface area contributed by atoms with Crippen molar-refractivity contribution in [1.82, 2.24) is 0 Å². The molecular formula is C64H43N. The monoisotopic (exact) mass is 825 g/mol. The minimum Gasteiger partial charge on any atom is -0.310 e. The second-order valence-electron chi connectivity index (χ2n) is 16.8. The standard InChI is InChI=1S/C64H43N/c1-3-21-46(22-4-1)63-60-35-12-11-34-58(60)59-40-39-50(43-61(59)64(63)47-23-5-2-6-24-47)57-33-13-14-38-62(57)65(51-29-15-27-48(41-51)55-36-17-25-44-19-7-9-31-53(44)55)52-30-16-28-49(42-52)56-37-18-26-45-20-8-10-32-54(45)56/h1-43H. The van der Waals surface area contributed by atoms with Gasteiger partial charge in [-0.05, 0) is 130 Å². The number of hydrogen-bond acceptors (Lipinski definition) is 1. The molecule has 0 saturated carbocycles. The number of rotatable bonds is 8. The molecule has 0 N–H and O–H groups in total. The molecular weight excluding hydrogens is 783 g/mol. The van der Waals surface area contributed by atoms with Gasteiger partial charge in [0.05, 0.1) is 5.69 Å². The number of para-hydroxylation sites is 1. The van der Waals surface area contributed by atoms with Gasteiger partial charge in [-0.3, -0.25) is 0 Å². The van der Waals surface area contributed by atoms with E-state index < -0.39 is 0 Å². The van der Waals surface area contributed by atoms with Crippen LogP contribution in [-0.2, 0) is 0 Å². The Kier molecular flexibility index (Phi) is 9.58. The average Bonchev–Trinajstić information content (AvgIpc) is 3.38. The van der Waals surface area contributed by atoms with Gasteiger partial charge < -0.3 is 4.90 Å². The van der Waals surface area contributed by atoms with Gasteiger partial charge in [0, 0.05) is 16.9 Å². The van der Waals surface area contributed by atoms with E-state index in [0.717, 1.165) is 28.2 Å². The van der Waals surface area contributed by atoms with Crippen LogP contribution in [0, 0.1) is 0 Å². The summed E-state index contributed by atoms with van der Waals surface area (Å²) in [5.41, 5.74) is 15.2. The number of nitrogens with zero attached hydrogens (tertiary/aromatic N) is 1. The molecule has 1 nitrogen and oxygen atoms in total. The smallest absolute Gasteiger partial charge is 0.0540 e. The second kappa shape index (κ2) is 16.3. The van der Waals surface area contributed by atoms with Crippen LogP contribution in [0.25, 0.3) is 98.7 Å². The quantitative estimate of drug-likeness (QED) is 0.138. The van der Waals surface area contributed by atoms with Gasteiger partial charge in [0.25, 0.3) is 0 Å². The molecule has 0 fully saturated rings. The number of anilines is 3. The molecule has 0 heterocycles. The Bertz CT molecular complexity index is 3580. The molecule has 0 unspecified atom stereocenters. The Morgan fingerprint density at radius 3 is 1.22 bits per heavy atom. The summed E-state index contributed by atoms with van der Waals surface area (Å²) in [6.45, 7) is 0. The van der Waals surface area contributed by atoms with Crippen LogP contribution < -0.4 is 4.90 Å². The van der Waals surface area contributed by atoms with Gasteiger partial charge in [0.15, 0.2) is 0 Å². The van der Waals surface area contributed by atoms with E-state index >= 15 is 0 Å². The molecule has 65 heavy (non-hydrogen) atoms. The molecule has 12 rings (SSSR count). The summed E-state index contributed by atoms with van der Waals surface area (Å²) in [6.07, 6.45) is 0. The summed E-state index contributed by atoms with van der Waals surface area (Å²) in [7, 11) is 0. The van der Waals surface area contributed by atoms with E-state index in [1.165, 1.54) is 87.6 Å². The highest BCUT2D eigenvalue weighted by atomic mass is 15.1. The maximum atomic E-state index is 2.46. The van der Waals surface area contributed by atoms with Crippen molar-refractivity contribution in [2.45, 2.75) is 0 Å². The first-order chi connectivity index (χ1) is 32.3. The summed E-state index contributed by atoms with van der Waals surface area (Å²) >= 11 is 0. The van der Waals surface area contributed by atoms with Crippen LogP contribution in [0.1, 0.15) is 0 Å². The maximum Gasteiger partial charge on any atom is 0.0540 e. The minimum absolute atomic E-state index is 1.08. The third-order valence-electron chi connectivity index (χ3n) is 13.0. The lowest BCUT2D eigenvalue weighted by atomic mass is 9.84. The molecule has 0 spiro atoms. The molecule has 0 atom stereocenters. The lowest BCUT2D eigenvalue weighted by Gasteiger charge is -2.29. The van der Waals surface area contributed by atoms with Gasteiger partial charge in [0.2, 0.25) is 0 Å². The SMILES string of the molecule is c1ccc(-c2c(-c3ccccc3)c3cc(-c4ccccc4N(c4cccc(-c5cccc6ccccc56)c4)c4cccc(-c5cccc6ccccc56)c4)ccc3c3ccccc23)cc1. The molecule has 0 aliphatic heterocycles. The molecule has 0 aromatic heterocycles. The fourth-order valence-electron chi connectivity index (χ4n) is 10.1. The van der Waals surface area contributed by atoms with Crippen molar-refractivity contribution >= 4 is 60.2 Å². The fraction of sp³-hybridized carbons (Fsp3) is 0. The van der Waals surface area contributed by atoms with Gasteiger partial charge in [0.1, 0.15) is 0 Å². The lowest BCUT2D eigenvalue weighted by Crippen LogP contribution is -2.11. The Morgan fingerprint density at radius 1 is 0.215 bits per heavy atom. The summed E-state index contributed by atoms with van der Waals surface area (Å²) in [5, 5.41) is 9.91. The molecule has 1 heteroatoms. The van der Waals surface area contributed by atoms with Gasteiger partial charge in [-0.2, -0.15) is 0 Å². The van der Waals surface area contributed by atoms with Crippen LogP contribution in [0.2, 0.25) is 0 Å². The van der Waals surface area contributed by atoms with Crippen LogP contribution in [0.15, 0.2) is 261 Å². The predicted molar refractivity (Wildman–Crippen MR) is 278 cm³/mol. The third kappa shape index (κ3) is 6.82. The van der Waals surface area contributed by atoms with Gasteiger partial charge >= 0.3 is 0 Å². The topological polar surface area (TPSA) is 3.24 Å². The molecule has 0 radical (unpaired) electrons. The van der Waals surface area contributed by atoms with Crippen molar-refractivity contribution in [2.75, 3.05) is 4.90 Å². The number of benzene rings is 12. The first-order valence-electron chi connectivity index (χ1n) is 22.4. The zero-order valence-corrected chi connectivity index (χ0v) is 35.8. The largest absolute Gasteiger partial charge is 0.310 e. The van der Waals surface area contributed by atoms with Crippen molar-refractivity contribution in [3.63, 3.8) is 0 Å². The fourth-order valence-corrected chi connectivity index (χ4v) is 10.1. The summed E-state index contributed by atoms with van der Waals surface area (Å²) < 4.78 is 0. The zero-order chi connectivity index (χ0) is 43.1. The normalized spacial score (nSPS) is 11.4. The van der Waals surface area contributed by atoms with E-state index in [9.17, 15) is 0 Å². The molecule has 0 saturated heterocycles. The molecule has 0 aliphatic carbocycles. The van der Waals surface area contributed by atoms with E-state index in [0.29, 0.717) is 0 Å². The summed E-state index contributed by atoms with van der Waals surface area (Å²) in [5.74, 6) is 0. The van der Waals surface area contributed by atoms with Crippen molar-refractivity contribution in [1.29, 1.82) is 0 Å². The van der Waals surface area contributed by atoms with Crippen molar-refractivity contribution in [2.24, 2.45) is 0 Å². The molecule has 0 bridgehead atoms. The van der Waals surface area contributed by atoms with Crippen molar-refractivity contribution in [3.8, 4) is 55.6 Å². The third-order valence-corrected chi connectivity index (χ3v) is 13.0. The Balaban J connectivity index is 1.11. The highest BCUT2D eigenvalue weighted by molar-refractivity contribution is 6.22. The van der Waals surface area contributed by atoms with Crippen LogP contribution in [0.3, 0.4) is 0 Å². The van der Waals surface area contributed by atoms with Crippen LogP contribution in [0.4, 0.5) is 17.1 Å². The molecule has 12 aromatic rings. The van der Waals surface area contributed by atoms with Crippen LogP contribution in [0.5, 0.6) is 0 Å². The Hall–Kier alpha value is -8.52. The lowest BCUT2D eigenvalue weighted by molar-refractivity contribution is 1.28. The Labute approximate surface area is 379 Å². The highest BCUT2D eigenvalue weighted by Gasteiger charge is 2.22. The van der Waals surface area contributed by atoms with E-state index in [2.05, 4.69) is 266 Å². The first kappa shape index (κ1) is 38.2. The minimum atomic E-state index is 1.08. The molecule has 12 aromatic carbocycles. The number of fused-ring (bicyclic) bond motifs is 5. The zero-order valence-electron chi connectivity index (χ0n) is 35.8.